The zero-order valence-electron chi connectivity index (χ0n) is 15.8. The minimum absolute atomic E-state index is 1.19. The molecule has 0 aliphatic carbocycles. The third kappa shape index (κ3) is 3.01. The molecule has 0 amide bonds. The molecular weight excluding hydrogens is 338 g/mol. The lowest BCUT2D eigenvalue weighted by molar-refractivity contribution is 1.22. The van der Waals surface area contributed by atoms with E-state index in [9.17, 15) is 0 Å². The smallest absolute Gasteiger partial charge is 0.0414 e. The quantitative estimate of drug-likeness (QED) is 0.324. The van der Waals surface area contributed by atoms with Crippen LogP contribution in [0.25, 0.3) is 32.7 Å². The minimum Gasteiger partial charge on any atom is -0.345 e. The average Bonchev–Trinajstić information content (AvgIpc) is 2.78. The van der Waals surface area contributed by atoms with Gasteiger partial charge in [0.1, 0.15) is 0 Å². The molecule has 0 aliphatic heterocycles. The van der Waals surface area contributed by atoms with Gasteiger partial charge in [0.15, 0.2) is 0 Å². The summed E-state index contributed by atoms with van der Waals surface area (Å²) in [5.41, 5.74) is 4.88. The SMILES string of the molecule is CN(c1ccc2ccccc2c1)c1ccc2ccc(-c3ccccc3)cc2c1. The van der Waals surface area contributed by atoms with E-state index in [1.54, 1.807) is 0 Å². The number of hydrogen-bond acceptors (Lipinski definition) is 1. The Morgan fingerprint density at radius 3 is 1.75 bits per heavy atom. The van der Waals surface area contributed by atoms with Crippen LogP contribution >= 0.6 is 0 Å². The van der Waals surface area contributed by atoms with Crippen molar-refractivity contribution in [1.29, 1.82) is 0 Å². The first-order valence-corrected chi connectivity index (χ1v) is 9.60. The number of benzene rings is 5. The van der Waals surface area contributed by atoms with Gasteiger partial charge >= 0.3 is 0 Å². The van der Waals surface area contributed by atoms with E-state index in [0.717, 1.165) is 0 Å². The van der Waals surface area contributed by atoms with Crippen LogP contribution in [0.3, 0.4) is 0 Å². The lowest BCUT2D eigenvalue weighted by atomic mass is 10.0. The van der Waals surface area contributed by atoms with Gasteiger partial charge in [-0.05, 0) is 63.0 Å². The van der Waals surface area contributed by atoms with Crippen LogP contribution in [0.5, 0.6) is 0 Å². The van der Waals surface area contributed by atoms with Gasteiger partial charge in [-0.1, -0.05) is 78.9 Å². The van der Waals surface area contributed by atoms with Crippen molar-refractivity contribution in [2.45, 2.75) is 0 Å². The first kappa shape index (κ1) is 16.6. The van der Waals surface area contributed by atoms with E-state index < -0.39 is 0 Å². The van der Waals surface area contributed by atoms with Crippen LogP contribution in [0.1, 0.15) is 0 Å². The molecule has 0 radical (unpaired) electrons. The summed E-state index contributed by atoms with van der Waals surface area (Å²) in [4.78, 5) is 2.25. The van der Waals surface area contributed by atoms with Gasteiger partial charge in [-0.25, -0.2) is 0 Å². The molecule has 0 spiro atoms. The molecule has 5 rings (SSSR count). The Morgan fingerprint density at radius 1 is 0.429 bits per heavy atom. The lowest BCUT2D eigenvalue weighted by Crippen LogP contribution is -2.09. The van der Waals surface area contributed by atoms with E-state index in [-0.39, 0.29) is 0 Å². The highest BCUT2D eigenvalue weighted by Crippen LogP contribution is 2.31. The largest absolute Gasteiger partial charge is 0.345 e. The van der Waals surface area contributed by atoms with Crippen LogP contribution in [0, 0.1) is 0 Å². The molecule has 0 unspecified atom stereocenters. The fourth-order valence-corrected chi connectivity index (χ4v) is 3.79. The van der Waals surface area contributed by atoms with Crippen LogP contribution in [0.2, 0.25) is 0 Å². The van der Waals surface area contributed by atoms with Crippen LogP contribution in [0.4, 0.5) is 11.4 Å². The molecule has 0 heterocycles. The topological polar surface area (TPSA) is 3.24 Å². The van der Waals surface area contributed by atoms with E-state index >= 15 is 0 Å². The molecule has 28 heavy (non-hydrogen) atoms. The Labute approximate surface area is 165 Å². The third-order valence-corrected chi connectivity index (χ3v) is 5.44. The standard InChI is InChI=1S/C27H21N/c1-28(26-15-13-21-9-5-6-10-23(21)18-26)27-16-14-22-11-12-24(17-25(22)19-27)20-7-3-2-4-8-20/h2-19H,1H3. The molecule has 1 nitrogen and oxygen atoms in total. The molecular formula is C27H21N. The van der Waals surface area contributed by atoms with Crippen molar-refractivity contribution in [3.63, 3.8) is 0 Å². The van der Waals surface area contributed by atoms with Crippen molar-refractivity contribution in [3.8, 4) is 11.1 Å². The summed E-state index contributed by atoms with van der Waals surface area (Å²) in [6.45, 7) is 0. The van der Waals surface area contributed by atoms with Crippen molar-refractivity contribution in [2.24, 2.45) is 0 Å². The summed E-state index contributed by atoms with van der Waals surface area (Å²) in [5.74, 6) is 0. The van der Waals surface area contributed by atoms with E-state index in [2.05, 4.69) is 121 Å². The van der Waals surface area contributed by atoms with Gasteiger partial charge in [-0.15, -0.1) is 0 Å². The van der Waals surface area contributed by atoms with Crippen LogP contribution in [-0.2, 0) is 0 Å². The van der Waals surface area contributed by atoms with Crippen molar-refractivity contribution in [2.75, 3.05) is 11.9 Å². The fourth-order valence-electron chi connectivity index (χ4n) is 3.79. The maximum atomic E-state index is 2.28. The summed E-state index contributed by atoms with van der Waals surface area (Å²) in [6, 6.07) is 39.0. The van der Waals surface area contributed by atoms with Crippen LogP contribution < -0.4 is 4.90 Å². The van der Waals surface area contributed by atoms with Crippen molar-refractivity contribution >= 4 is 32.9 Å². The zero-order chi connectivity index (χ0) is 18.9. The fraction of sp³-hybridized carbons (Fsp3) is 0.0370. The summed E-state index contributed by atoms with van der Waals surface area (Å²) >= 11 is 0. The zero-order valence-corrected chi connectivity index (χ0v) is 15.8. The highest BCUT2D eigenvalue weighted by molar-refractivity contribution is 5.91. The predicted molar refractivity (Wildman–Crippen MR) is 121 cm³/mol. The second-order valence-electron chi connectivity index (χ2n) is 7.20. The van der Waals surface area contributed by atoms with Gasteiger partial charge < -0.3 is 4.90 Å². The molecule has 134 valence electrons. The first-order valence-electron chi connectivity index (χ1n) is 9.60. The summed E-state index contributed by atoms with van der Waals surface area (Å²) in [7, 11) is 2.13. The van der Waals surface area contributed by atoms with E-state index in [4.69, 9.17) is 0 Å². The highest BCUT2D eigenvalue weighted by atomic mass is 15.1. The van der Waals surface area contributed by atoms with Crippen molar-refractivity contribution < 1.29 is 0 Å². The number of hydrogen-bond donors (Lipinski definition) is 0. The maximum absolute atomic E-state index is 2.28. The molecule has 1 heteroatoms. The molecule has 0 bridgehead atoms. The second-order valence-corrected chi connectivity index (χ2v) is 7.20. The molecule has 0 fully saturated rings. The van der Waals surface area contributed by atoms with Gasteiger partial charge in [-0.2, -0.15) is 0 Å². The minimum atomic E-state index is 1.19. The number of rotatable bonds is 3. The summed E-state index contributed by atoms with van der Waals surface area (Å²) < 4.78 is 0. The third-order valence-electron chi connectivity index (χ3n) is 5.44. The van der Waals surface area contributed by atoms with Crippen molar-refractivity contribution in [3.05, 3.63) is 109 Å². The number of anilines is 2. The molecule has 0 N–H and O–H groups in total. The monoisotopic (exact) mass is 359 g/mol. The Balaban J connectivity index is 1.55. The maximum Gasteiger partial charge on any atom is 0.0414 e. The molecule has 0 atom stereocenters. The number of fused-ring (bicyclic) bond motifs is 2. The highest BCUT2D eigenvalue weighted by Gasteiger charge is 2.07. The molecule has 5 aromatic carbocycles. The van der Waals surface area contributed by atoms with Crippen LogP contribution in [0.15, 0.2) is 109 Å². The van der Waals surface area contributed by atoms with Gasteiger partial charge in [0.2, 0.25) is 0 Å². The molecule has 0 saturated heterocycles. The first-order chi connectivity index (χ1) is 13.8. The lowest BCUT2D eigenvalue weighted by Gasteiger charge is -2.21. The normalized spacial score (nSPS) is 11.0. The molecule has 0 aliphatic rings. The summed E-state index contributed by atoms with van der Waals surface area (Å²) in [6.07, 6.45) is 0. The Hall–Kier alpha value is -3.58. The Bertz CT molecular complexity index is 1270. The number of nitrogens with zero attached hydrogens (tertiary/aromatic N) is 1. The van der Waals surface area contributed by atoms with E-state index in [1.165, 1.54) is 44.0 Å². The van der Waals surface area contributed by atoms with Crippen LogP contribution in [-0.4, -0.2) is 7.05 Å². The van der Waals surface area contributed by atoms with E-state index in [1.807, 2.05) is 0 Å². The Morgan fingerprint density at radius 2 is 1.00 bits per heavy atom. The van der Waals surface area contributed by atoms with E-state index in [0.29, 0.717) is 0 Å². The van der Waals surface area contributed by atoms with Gasteiger partial charge in [0, 0.05) is 18.4 Å². The predicted octanol–water partition coefficient (Wildman–Crippen LogP) is 7.43. The molecule has 5 aromatic rings. The molecule has 0 saturated carbocycles. The van der Waals surface area contributed by atoms with Crippen molar-refractivity contribution in [1.82, 2.24) is 0 Å². The Kier molecular flexibility index (Phi) is 4.06. The van der Waals surface area contributed by atoms with Gasteiger partial charge in [-0.3, -0.25) is 0 Å². The van der Waals surface area contributed by atoms with Gasteiger partial charge in [0.05, 0.1) is 0 Å². The second kappa shape index (κ2) is 6.86. The van der Waals surface area contributed by atoms with Gasteiger partial charge in [0.25, 0.3) is 0 Å². The summed E-state index contributed by atoms with van der Waals surface area (Å²) in [5, 5.41) is 5.05. The molecule has 0 aromatic heterocycles. The average molecular weight is 359 g/mol.